The standard InChI is InChI=1S/C18H16Cl3N3O3/c19-11-5-6-14(22-10-3-1-2-4-10)23-16(11)17(25)24-15-12(20)7-9(18(26)27)8-13(15)21/h5-8,10H,1-4H2,(H,22,23)(H,24,25)(H,26,27). The Hall–Kier alpha value is -2.02. The summed E-state index contributed by atoms with van der Waals surface area (Å²) >= 11 is 18.3. The van der Waals surface area contributed by atoms with Gasteiger partial charge in [-0.2, -0.15) is 0 Å². The van der Waals surface area contributed by atoms with Gasteiger partial charge in [-0.25, -0.2) is 9.78 Å². The molecule has 1 aliphatic carbocycles. The van der Waals surface area contributed by atoms with Crippen molar-refractivity contribution in [3.05, 3.63) is 50.6 Å². The highest BCUT2D eigenvalue weighted by Crippen LogP contribution is 2.33. The van der Waals surface area contributed by atoms with Gasteiger partial charge in [0.25, 0.3) is 5.91 Å². The van der Waals surface area contributed by atoms with Gasteiger partial charge in [-0.05, 0) is 37.1 Å². The third kappa shape index (κ3) is 4.64. The summed E-state index contributed by atoms with van der Waals surface area (Å²) < 4.78 is 0. The summed E-state index contributed by atoms with van der Waals surface area (Å²) in [5, 5.41) is 15.1. The smallest absolute Gasteiger partial charge is 0.335 e. The van der Waals surface area contributed by atoms with Crippen LogP contribution >= 0.6 is 34.8 Å². The van der Waals surface area contributed by atoms with Gasteiger partial charge in [-0.15, -0.1) is 0 Å². The van der Waals surface area contributed by atoms with Gasteiger partial charge in [0, 0.05) is 6.04 Å². The number of carbonyl (C=O) groups excluding carboxylic acids is 1. The number of hydrogen-bond donors (Lipinski definition) is 3. The first-order valence-corrected chi connectivity index (χ1v) is 9.45. The second-order valence-electron chi connectivity index (χ2n) is 6.23. The van der Waals surface area contributed by atoms with Crippen molar-refractivity contribution in [1.82, 2.24) is 4.98 Å². The van der Waals surface area contributed by atoms with Crippen LogP contribution in [0.5, 0.6) is 0 Å². The number of rotatable bonds is 5. The Kier molecular flexibility index (Phi) is 6.09. The number of aromatic carboxylic acids is 1. The van der Waals surface area contributed by atoms with Gasteiger partial charge in [0.2, 0.25) is 0 Å². The zero-order valence-electron chi connectivity index (χ0n) is 14.1. The fraction of sp³-hybridized carbons (Fsp3) is 0.278. The lowest BCUT2D eigenvalue weighted by Crippen LogP contribution is -2.19. The van der Waals surface area contributed by atoms with Crippen molar-refractivity contribution in [2.24, 2.45) is 0 Å². The van der Waals surface area contributed by atoms with Crippen LogP contribution in [0.15, 0.2) is 24.3 Å². The highest BCUT2D eigenvalue weighted by Gasteiger charge is 2.20. The molecule has 1 saturated carbocycles. The molecule has 1 aromatic carbocycles. The van der Waals surface area contributed by atoms with E-state index < -0.39 is 11.9 Å². The van der Waals surface area contributed by atoms with Gasteiger partial charge in [0.15, 0.2) is 0 Å². The molecule has 0 aliphatic heterocycles. The molecule has 0 saturated heterocycles. The monoisotopic (exact) mass is 427 g/mol. The fourth-order valence-electron chi connectivity index (χ4n) is 2.95. The fourth-order valence-corrected chi connectivity index (χ4v) is 3.72. The molecule has 1 amide bonds. The zero-order valence-corrected chi connectivity index (χ0v) is 16.3. The summed E-state index contributed by atoms with van der Waals surface area (Å²) in [5.41, 5.74) is 0.0383. The Morgan fingerprint density at radius 2 is 1.67 bits per heavy atom. The number of carboxylic acid groups (broad SMARTS) is 1. The first kappa shape index (κ1) is 19.7. The number of aromatic nitrogens is 1. The summed E-state index contributed by atoms with van der Waals surface area (Å²) in [5.74, 6) is -1.20. The minimum Gasteiger partial charge on any atom is -0.478 e. The lowest BCUT2D eigenvalue weighted by molar-refractivity contribution is 0.0696. The number of hydrogen-bond acceptors (Lipinski definition) is 4. The predicted octanol–water partition coefficient (Wildman–Crippen LogP) is 5.35. The van der Waals surface area contributed by atoms with Crippen molar-refractivity contribution < 1.29 is 14.7 Å². The first-order valence-electron chi connectivity index (χ1n) is 8.32. The Bertz CT molecular complexity index is 876. The molecule has 1 heterocycles. The number of nitrogens with zero attached hydrogens (tertiary/aromatic N) is 1. The maximum absolute atomic E-state index is 12.6. The summed E-state index contributed by atoms with van der Waals surface area (Å²) in [4.78, 5) is 28.0. The van der Waals surface area contributed by atoms with Crippen LogP contribution < -0.4 is 10.6 Å². The number of nitrogens with one attached hydrogen (secondary N) is 2. The van der Waals surface area contributed by atoms with Crippen LogP contribution in [-0.4, -0.2) is 28.0 Å². The molecule has 0 radical (unpaired) electrons. The number of pyridine rings is 1. The van der Waals surface area contributed by atoms with E-state index in [0.717, 1.165) is 12.8 Å². The molecule has 27 heavy (non-hydrogen) atoms. The number of amides is 1. The van der Waals surface area contributed by atoms with Crippen molar-refractivity contribution in [1.29, 1.82) is 0 Å². The van der Waals surface area contributed by atoms with Crippen LogP contribution in [0, 0.1) is 0 Å². The molecule has 0 atom stereocenters. The predicted molar refractivity (Wildman–Crippen MR) is 107 cm³/mol. The Balaban J connectivity index is 1.82. The highest BCUT2D eigenvalue weighted by molar-refractivity contribution is 6.41. The van der Waals surface area contributed by atoms with Gasteiger partial charge >= 0.3 is 5.97 Å². The minimum atomic E-state index is -1.17. The number of benzene rings is 1. The van der Waals surface area contributed by atoms with Crippen LogP contribution in [0.25, 0.3) is 0 Å². The molecule has 1 aliphatic rings. The van der Waals surface area contributed by atoms with Gasteiger partial charge < -0.3 is 15.7 Å². The molecule has 3 rings (SSSR count). The summed E-state index contributed by atoms with van der Waals surface area (Å²) in [6, 6.07) is 6.06. The van der Waals surface area contributed by atoms with Crippen LogP contribution in [-0.2, 0) is 0 Å². The van der Waals surface area contributed by atoms with E-state index in [0.29, 0.717) is 11.9 Å². The molecule has 142 valence electrons. The number of carboxylic acids is 1. The van der Waals surface area contributed by atoms with Gasteiger partial charge in [0.1, 0.15) is 11.5 Å². The van der Waals surface area contributed by atoms with E-state index in [-0.39, 0.29) is 32.0 Å². The van der Waals surface area contributed by atoms with E-state index in [1.54, 1.807) is 12.1 Å². The third-order valence-corrected chi connectivity index (χ3v) is 5.20. The molecule has 3 N–H and O–H groups in total. The summed E-state index contributed by atoms with van der Waals surface area (Å²) in [7, 11) is 0. The van der Waals surface area contributed by atoms with Crippen LogP contribution in [0.1, 0.15) is 46.5 Å². The van der Waals surface area contributed by atoms with E-state index in [1.807, 2.05) is 0 Å². The maximum Gasteiger partial charge on any atom is 0.335 e. The number of halogens is 3. The van der Waals surface area contributed by atoms with E-state index in [9.17, 15) is 9.59 Å². The third-order valence-electron chi connectivity index (χ3n) is 4.30. The van der Waals surface area contributed by atoms with Crippen molar-refractivity contribution in [3.63, 3.8) is 0 Å². The minimum absolute atomic E-state index is 0.00427. The van der Waals surface area contributed by atoms with Crippen LogP contribution in [0.4, 0.5) is 11.5 Å². The van der Waals surface area contributed by atoms with Gasteiger partial charge in [-0.1, -0.05) is 47.6 Å². The molecule has 1 aromatic heterocycles. The largest absolute Gasteiger partial charge is 0.478 e. The molecular formula is C18H16Cl3N3O3. The molecular weight excluding hydrogens is 413 g/mol. The second kappa shape index (κ2) is 8.33. The van der Waals surface area contributed by atoms with Crippen molar-refractivity contribution in [2.45, 2.75) is 31.7 Å². The average Bonchev–Trinajstić information content (AvgIpc) is 3.12. The van der Waals surface area contributed by atoms with Crippen molar-refractivity contribution in [3.8, 4) is 0 Å². The molecule has 9 heteroatoms. The normalized spacial score (nSPS) is 14.2. The molecule has 0 unspecified atom stereocenters. The quantitative estimate of drug-likeness (QED) is 0.597. The van der Waals surface area contributed by atoms with Crippen LogP contribution in [0.3, 0.4) is 0 Å². The lowest BCUT2D eigenvalue weighted by Gasteiger charge is -2.15. The first-order chi connectivity index (χ1) is 12.8. The van der Waals surface area contributed by atoms with Gasteiger partial charge in [0.05, 0.1) is 26.3 Å². The van der Waals surface area contributed by atoms with E-state index >= 15 is 0 Å². The second-order valence-corrected chi connectivity index (χ2v) is 7.45. The summed E-state index contributed by atoms with van der Waals surface area (Å²) in [6.45, 7) is 0. The van der Waals surface area contributed by atoms with E-state index in [2.05, 4.69) is 15.6 Å². The van der Waals surface area contributed by atoms with E-state index in [1.165, 1.54) is 25.0 Å². The Morgan fingerprint density at radius 3 is 2.26 bits per heavy atom. The number of carbonyl (C=O) groups is 2. The zero-order chi connectivity index (χ0) is 19.6. The highest BCUT2D eigenvalue weighted by atomic mass is 35.5. The molecule has 0 bridgehead atoms. The van der Waals surface area contributed by atoms with Crippen molar-refractivity contribution >= 4 is 58.2 Å². The van der Waals surface area contributed by atoms with Gasteiger partial charge in [-0.3, -0.25) is 4.79 Å². The number of anilines is 2. The average molecular weight is 429 g/mol. The molecule has 2 aromatic rings. The Morgan fingerprint density at radius 1 is 1.04 bits per heavy atom. The lowest BCUT2D eigenvalue weighted by atomic mass is 10.2. The van der Waals surface area contributed by atoms with Crippen molar-refractivity contribution in [2.75, 3.05) is 10.6 Å². The molecule has 1 fully saturated rings. The SMILES string of the molecule is O=C(O)c1cc(Cl)c(NC(=O)c2nc(NC3CCCC3)ccc2Cl)c(Cl)c1. The van der Waals surface area contributed by atoms with Crippen LogP contribution in [0.2, 0.25) is 15.1 Å². The Labute approximate surface area is 170 Å². The summed E-state index contributed by atoms with van der Waals surface area (Å²) in [6.07, 6.45) is 4.46. The van der Waals surface area contributed by atoms with E-state index in [4.69, 9.17) is 39.9 Å². The molecule has 6 nitrogen and oxygen atoms in total. The topological polar surface area (TPSA) is 91.3 Å². The molecule has 0 spiro atoms. The maximum atomic E-state index is 12.6.